The molecule has 164 valence electrons. The number of carbonyl (C=O) groups is 1. The fourth-order valence-electron chi connectivity index (χ4n) is 3.85. The number of rotatable bonds is 7. The van der Waals surface area contributed by atoms with Crippen LogP contribution in [-0.2, 0) is 14.8 Å². The molecule has 3 aromatic rings. The molecule has 0 saturated carbocycles. The van der Waals surface area contributed by atoms with Crippen molar-refractivity contribution in [2.45, 2.75) is 36.5 Å². The molecule has 0 bridgehead atoms. The summed E-state index contributed by atoms with van der Waals surface area (Å²) in [4.78, 5) is 20.1. The van der Waals surface area contributed by atoms with Crippen LogP contribution in [0.5, 0.6) is 0 Å². The number of amides is 1. The van der Waals surface area contributed by atoms with Gasteiger partial charge in [0, 0.05) is 37.0 Å². The van der Waals surface area contributed by atoms with Gasteiger partial charge in [-0.3, -0.25) is 4.79 Å². The largest absolute Gasteiger partial charge is 0.342 e. The molecular weight excluding hydrogens is 436 g/mol. The van der Waals surface area contributed by atoms with E-state index >= 15 is 0 Å². The molecular formula is C22H25ClN4O3S. The molecule has 0 radical (unpaired) electrons. The Morgan fingerprint density at radius 3 is 2.52 bits per heavy atom. The maximum absolute atomic E-state index is 13.0. The van der Waals surface area contributed by atoms with E-state index in [1.165, 1.54) is 16.4 Å². The first-order chi connectivity index (χ1) is 15.0. The van der Waals surface area contributed by atoms with Crippen molar-refractivity contribution >= 4 is 44.3 Å². The summed E-state index contributed by atoms with van der Waals surface area (Å²) in [5, 5.41) is 2.75. The van der Waals surface area contributed by atoms with Gasteiger partial charge in [0.15, 0.2) is 0 Å². The van der Waals surface area contributed by atoms with Gasteiger partial charge in [0.05, 0.1) is 15.9 Å². The Balaban J connectivity index is 1.38. The van der Waals surface area contributed by atoms with Crippen molar-refractivity contribution in [3.8, 4) is 0 Å². The lowest BCUT2D eigenvalue weighted by atomic mass is 9.97. The summed E-state index contributed by atoms with van der Waals surface area (Å²) >= 11 is 5.60. The van der Waals surface area contributed by atoms with Crippen LogP contribution in [0.4, 0.5) is 5.69 Å². The number of imidazole rings is 1. The molecule has 0 aliphatic carbocycles. The van der Waals surface area contributed by atoms with Crippen molar-refractivity contribution in [1.82, 2.24) is 14.3 Å². The Kier molecular flexibility index (Phi) is 6.60. The number of hydrogen-bond donors (Lipinski definition) is 2. The number of piperidine rings is 1. The summed E-state index contributed by atoms with van der Waals surface area (Å²) in [5.74, 6) is 1.43. The van der Waals surface area contributed by atoms with Crippen LogP contribution in [0.1, 0.15) is 37.4 Å². The van der Waals surface area contributed by atoms with E-state index in [1.54, 1.807) is 12.1 Å². The van der Waals surface area contributed by atoms with Crippen molar-refractivity contribution in [1.29, 1.82) is 0 Å². The third-order valence-electron chi connectivity index (χ3n) is 5.56. The number of alkyl halides is 1. The van der Waals surface area contributed by atoms with Gasteiger partial charge in [0.25, 0.3) is 0 Å². The average Bonchev–Trinajstić information content (AvgIpc) is 3.22. The molecule has 2 aromatic carbocycles. The molecule has 9 heteroatoms. The Morgan fingerprint density at radius 1 is 1.13 bits per heavy atom. The highest BCUT2D eigenvalue weighted by molar-refractivity contribution is 7.89. The van der Waals surface area contributed by atoms with Crippen molar-refractivity contribution in [2.24, 2.45) is 0 Å². The summed E-state index contributed by atoms with van der Waals surface area (Å²) < 4.78 is 27.6. The second-order valence-corrected chi connectivity index (χ2v) is 10.00. The van der Waals surface area contributed by atoms with Gasteiger partial charge in [-0.15, -0.1) is 11.6 Å². The lowest BCUT2D eigenvalue weighted by molar-refractivity contribution is -0.116. The van der Waals surface area contributed by atoms with E-state index in [4.69, 9.17) is 11.6 Å². The minimum atomic E-state index is -3.58. The van der Waals surface area contributed by atoms with Crippen LogP contribution in [0, 0.1) is 0 Å². The van der Waals surface area contributed by atoms with E-state index in [2.05, 4.69) is 15.3 Å². The summed E-state index contributed by atoms with van der Waals surface area (Å²) in [7, 11) is -3.58. The number of nitrogens with zero attached hydrogens (tertiary/aromatic N) is 2. The number of sulfonamides is 1. The third-order valence-corrected chi connectivity index (χ3v) is 7.74. The van der Waals surface area contributed by atoms with Crippen LogP contribution in [0.3, 0.4) is 0 Å². The van der Waals surface area contributed by atoms with Crippen LogP contribution >= 0.6 is 11.6 Å². The Bertz CT molecular complexity index is 1120. The van der Waals surface area contributed by atoms with E-state index in [0.29, 0.717) is 50.3 Å². The number of benzene rings is 2. The molecule has 31 heavy (non-hydrogen) atoms. The van der Waals surface area contributed by atoms with Crippen molar-refractivity contribution in [3.05, 3.63) is 54.4 Å². The number of carbonyl (C=O) groups excluding carboxylic acids is 1. The van der Waals surface area contributed by atoms with Gasteiger partial charge < -0.3 is 10.3 Å². The van der Waals surface area contributed by atoms with Crippen molar-refractivity contribution in [2.75, 3.05) is 24.3 Å². The maximum atomic E-state index is 13.0. The zero-order chi connectivity index (χ0) is 21.8. The second kappa shape index (κ2) is 9.38. The molecule has 1 aromatic heterocycles. The van der Waals surface area contributed by atoms with Crippen LogP contribution in [0.2, 0.25) is 0 Å². The maximum Gasteiger partial charge on any atom is 0.243 e. The number of H-pyrrole nitrogens is 1. The molecule has 1 aliphatic rings. The summed E-state index contributed by atoms with van der Waals surface area (Å²) in [5.41, 5.74) is 2.51. The van der Waals surface area contributed by atoms with Crippen LogP contribution in [0.25, 0.3) is 11.0 Å². The molecule has 2 N–H and O–H groups in total. The standard InChI is InChI=1S/C22H25ClN4O3S/c23-13-3-6-21(28)24-17-7-9-18(10-8-17)31(29,30)27-14-11-16(12-15-27)22-25-19-4-1-2-5-20(19)26-22/h1-2,4-5,7-10,16H,3,6,11-15H2,(H,24,28)(H,25,26). The fourth-order valence-corrected chi connectivity index (χ4v) is 5.45. The van der Waals surface area contributed by atoms with E-state index in [-0.39, 0.29) is 16.7 Å². The first-order valence-electron chi connectivity index (χ1n) is 10.4. The van der Waals surface area contributed by atoms with Gasteiger partial charge >= 0.3 is 0 Å². The first-order valence-corrected chi connectivity index (χ1v) is 12.4. The Labute approximate surface area is 186 Å². The average molecular weight is 461 g/mol. The van der Waals surface area contributed by atoms with Gasteiger partial charge in [-0.25, -0.2) is 13.4 Å². The number of halogens is 1. The zero-order valence-corrected chi connectivity index (χ0v) is 18.6. The fraction of sp³-hybridized carbons (Fsp3) is 0.364. The molecule has 0 atom stereocenters. The minimum Gasteiger partial charge on any atom is -0.342 e. The van der Waals surface area contributed by atoms with Gasteiger partial charge in [-0.05, 0) is 55.7 Å². The smallest absolute Gasteiger partial charge is 0.243 e. The van der Waals surface area contributed by atoms with Crippen LogP contribution in [-0.4, -0.2) is 47.6 Å². The molecule has 2 heterocycles. The predicted octanol–water partition coefficient (Wildman–Crippen LogP) is 4.09. The molecule has 1 saturated heterocycles. The van der Waals surface area contributed by atoms with E-state index in [0.717, 1.165) is 16.9 Å². The monoisotopic (exact) mass is 460 g/mol. The van der Waals surface area contributed by atoms with Crippen LogP contribution < -0.4 is 5.32 Å². The number of nitrogens with one attached hydrogen (secondary N) is 2. The lowest BCUT2D eigenvalue weighted by Crippen LogP contribution is -2.38. The van der Waals surface area contributed by atoms with Crippen LogP contribution in [0.15, 0.2) is 53.4 Å². The molecule has 0 spiro atoms. The zero-order valence-electron chi connectivity index (χ0n) is 17.1. The topological polar surface area (TPSA) is 95.2 Å². The minimum absolute atomic E-state index is 0.135. The highest BCUT2D eigenvalue weighted by Crippen LogP contribution is 2.30. The van der Waals surface area contributed by atoms with Gasteiger partial charge in [0.2, 0.25) is 15.9 Å². The molecule has 4 rings (SSSR count). The van der Waals surface area contributed by atoms with E-state index in [1.807, 2.05) is 24.3 Å². The number of aromatic nitrogens is 2. The normalized spacial score (nSPS) is 15.9. The number of anilines is 1. The van der Waals surface area contributed by atoms with Gasteiger partial charge in [-0.2, -0.15) is 4.31 Å². The second-order valence-electron chi connectivity index (χ2n) is 7.68. The highest BCUT2D eigenvalue weighted by Gasteiger charge is 2.31. The van der Waals surface area contributed by atoms with Gasteiger partial charge in [-0.1, -0.05) is 12.1 Å². The summed E-state index contributed by atoms with van der Waals surface area (Å²) in [6, 6.07) is 14.2. The molecule has 0 unspecified atom stereocenters. The summed E-state index contributed by atoms with van der Waals surface area (Å²) in [6.07, 6.45) is 2.37. The first kappa shape index (κ1) is 21.8. The number of para-hydroxylation sites is 2. The highest BCUT2D eigenvalue weighted by atomic mass is 35.5. The van der Waals surface area contributed by atoms with E-state index < -0.39 is 10.0 Å². The number of aromatic amines is 1. The molecule has 1 fully saturated rings. The Hall–Kier alpha value is -2.42. The Morgan fingerprint density at radius 2 is 1.84 bits per heavy atom. The van der Waals surface area contributed by atoms with E-state index in [9.17, 15) is 13.2 Å². The van der Waals surface area contributed by atoms with Crippen molar-refractivity contribution < 1.29 is 13.2 Å². The summed E-state index contributed by atoms with van der Waals surface area (Å²) in [6.45, 7) is 0.891. The molecule has 1 amide bonds. The molecule has 1 aliphatic heterocycles. The predicted molar refractivity (Wildman–Crippen MR) is 122 cm³/mol. The van der Waals surface area contributed by atoms with Crippen molar-refractivity contribution in [3.63, 3.8) is 0 Å². The quantitative estimate of drug-likeness (QED) is 0.519. The molecule has 7 nitrogen and oxygen atoms in total. The number of hydrogen-bond acceptors (Lipinski definition) is 4. The SMILES string of the molecule is O=C(CCCCl)Nc1ccc(S(=O)(=O)N2CCC(c3nc4ccccc4[nH]3)CC2)cc1. The number of fused-ring (bicyclic) bond motifs is 1. The lowest BCUT2D eigenvalue weighted by Gasteiger charge is -2.30. The third kappa shape index (κ3) is 4.92. The van der Waals surface area contributed by atoms with Gasteiger partial charge in [0.1, 0.15) is 5.82 Å².